The van der Waals surface area contributed by atoms with E-state index < -0.39 is 21.7 Å². The van der Waals surface area contributed by atoms with Crippen molar-refractivity contribution in [1.82, 2.24) is 4.31 Å². The van der Waals surface area contributed by atoms with Gasteiger partial charge in [0.2, 0.25) is 10.0 Å². The van der Waals surface area contributed by atoms with Crippen LogP contribution in [0, 0.1) is 0 Å². The van der Waals surface area contributed by atoms with E-state index in [-0.39, 0.29) is 0 Å². The molecule has 0 aromatic heterocycles. The summed E-state index contributed by atoms with van der Waals surface area (Å²) in [5, 5.41) is 8.37. The SMILES string of the molecule is O=C(O)CS(=O)(=O)N1CCCCC1. The van der Waals surface area contributed by atoms with Crippen molar-refractivity contribution >= 4 is 16.0 Å². The first-order chi connectivity index (χ1) is 6.02. The highest BCUT2D eigenvalue weighted by Crippen LogP contribution is 2.12. The van der Waals surface area contributed by atoms with Gasteiger partial charge in [-0.2, -0.15) is 0 Å². The van der Waals surface area contributed by atoms with E-state index in [0.717, 1.165) is 19.3 Å². The lowest BCUT2D eigenvalue weighted by molar-refractivity contribution is -0.134. The molecule has 0 saturated carbocycles. The summed E-state index contributed by atoms with van der Waals surface area (Å²) in [6.45, 7) is 0.936. The van der Waals surface area contributed by atoms with Crippen molar-refractivity contribution < 1.29 is 18.3 Å². The van der Waals surface area contributed by atoms with Crippen molar-refractivity contribution in [3.63, 3.8) is 0 Å². The Kier molecular flexibility index (Phi) is 3.27. The van der Waals surface area contributed by atoms with Gasteiger partial charge < -0.3 is 5.11 Å². The van der Waals surface area contributed by atoms with E-state index in [0.29, 0.717) is 13.1 Å². The van der Waals surface area contributed by atoms with Crippen LogP contribution in [-0.4, -0.2) is 42.6 Å². The Bertz CT molecular complexity index is 279. The van der Waals surface area contributed by atoms with E-state index in [1.807, 2.05) is 0 Å². The van der Waals surface area contributed by atoms with Gasteiger partial charge >= 0.3 is 5.97 Å². The highest BCUT2D eigenvalue weighted by molar-refractivity contribution is 7.89. The van der Waals surface area contributed by atoms with Gasteiger partial charge in [-0.05, 0) is 12.8 Å². The summed E-state index contributed by atoms with van der Waals surface area (Å²) in [5.74, 6) is -2.07. The molecule has 0 amide bonds. The Morgan fingerprint density at radius 2 is 1.77 bits per heavy atom. The van der Waals surface area contributed by atoms with Gasteiger partial charge in [0, 0.05) is 13.1 Å². The standard InChI is InChI=1S/C7H13NO4S/c9-7(10)6-13(11,12)8-4-2-1-3-5-8/h1-6H2,(H,9,10). The molecule has 1 saturated heterocycles. The first-order valence-electron chi connectivity index (χ1n) is 4.22. The number of hydrogen-bond acceptors (Lipinski definition) is 3. The second-order valence-electron chi connectivity index (χ2n) is 3.11. The summed E-state index contributed by atoms with van der Waals surface area (Å²) < 4.78 is 24.0. The van der Waals surface area contributed by atoms with Crippen molar-refractivity contribution in [2.24, 2.45) is 0 Å². The van der Waals surface area contributed by atoms with E-state index in [4.69, 9.17) is 5.11 Å². The maximum absolute atomic E-state index is 11.3. The minimum absolute atomic E-state index is 0.468. The number of hydrogen-bond donors (Lipinski definition) is 1. The van der Waals surface area contributed by atoms with E-state index in [9.17, 15) is 13.2 Å². The van der Waals surface area contributed by atoms with Crippen molar-refractivity contribution in [3.05, 3.63) is 0 Å². The molecule has 1 aliphatic heterocycles. The maximum Gasteiger partial charge on any atom is 0.320 e. The average Bonchev–Trinajstić information content (AvgIpc) is 2.04. The molecular formula is C7H13NO4S. The molecule has 0 atom stereocenters. The topological polar surface area (TPSA) is 74.7 Å². The fourth-order valence-electron chi connectivity index (χ4n) is 1.39. The van der Waals surface area contributed by atoms with Crippen LogP contribution in [0.4, 0.5) is 0 Å². The third-order valence-corrected chi connectivity index (χ3v) is 3.78. The molecule has 0 spiro atoms. The molecule has 1 N–H and O–H groups in total. The lowest BCUT2D eigenvalue weighted by Gasteiger charge is -2.24. The molecule has 1 fully saturated rings. The molecule has 0 unspecified atom stereocenters. The van der Waals surface area contributed by atoms with Crippen LogP contribution in [0.25, 0.3) is 0 Å². The lowest BCUT2D eigenvalue weighted by atomic mass is 10.2. The van der Waals surface area contributed by atoms with E-state index in [1.54, 1.807) is 0 Å². The molecule has 0 radical (unpaired) electrons. The maximum atomic E-state index is 11.3. The lowest BCUT2D eigenvalue weighted by Crippen LogP contribution is -2.38. The fraction of sp³-hybridized carbons (Fsp3) is 0.857. The molecule has 1 aliphatic rings. The van der Waals surface area contributed by atoms with Gasteiger partial charge in [0.1, 0.15) is 0 Å². The molecule has 76 valence electrons. The zero-order chi connectivity index (χ0) is 9.90. The largest absolute Gasteiger partial charge is 0.480 e. The summed E-state index contributed by atoms with van der Waals surface area (Å²) in [5.41, 5.74) is 0. The van der Waals surface area contributed by atoms with Gasteiger partial charge in [0.25, 0.3) is 0 Å². The molecule has 0 aliphatic carbocycles. The van der Waals surface area contributed by atoms with Gasteiger partial charge in [0.15, 0.2) is 5.75 Å². The van der Waals surface area contributed by atoms with Crippen LogP contribution in [-0.2, 0) is 14.8 Å². The summed E-state index contributed by atoms with van der Waals surface area (Å²) in [6.07, 6.45) is 2.69. The number of aliphatic carboxylic acids is 1. The predicted octanol–water partition coefficient (Wildman–Crippen LogP) is -0.113. The van der Waals surface area contributed by atoms with Gasteiger partial charge in [0.05, 0.1) is 0 Å². The fourth-order valence-corrected chi connectivity index (χ4v) is 2.70. The van der Waals surface area contributed by atoms with Crippen LogP contribution in [0.2, 0.25) is 0 Å². The zero-order valence-corrected chi connectivity index (χ0v) is 8.09. The molecule has 0 aromatic carbocycles. The van der Waals surface area contributed by atoms with Crippen molar-refractivity contribution in [2.45, 2.75) is 19.3 Å². The van der Waals surface area contributed by atoms with Gasteiger partial charge in [-0.1, -0.05) is 6.42 Å². The van der Waals surface area contributed by atoms with Gasteiger partial charge in [-0.15, -0.1) is 0 Å². The van der Waals surface area contributed by atoms with Crippen LogP contribution >= 0.6 is 0 Å². The monoisotopic (exact) mass is 207 g/mol. The van der Waals surface area contributed by atoms with Crippen molar-refractivity contribution in [2.75, 3.05) is 18.8 Å². The Morgan fingerprint density at radius 3 is 2.23 bits per heavy atom. The third kappa shape index (κ3) is 2.96. The number of carboxylic acid groups (broad SMARTS) is 1. The quantitative estimate of drug-likeness (QED) is 0.700. The third-order valence-electron chi connectivity index (χ3n) is 2.01. The number of sulfonamides is 1. The number of carbonyl (C=O) groups is 1. The van der Waals surface area contributed by atoms with Crippen LogP contribution in [0.1, 0.15) is 19.3 Å². The highest BCUT2D eigenvalue weighted by atomic mass is 32.2. The van der Waals surface area contributed by atoms with E-state index in [1.165, 1.54) is 4.31 Å². The van der Waals surface area contributed by atoms with Crippen molar-refractivity contribution in [1.29, 1.82) is 0 Å². The Balaban J connectivity index is 2.62. The Morgan fingerprint density at radius 1 is 1.23 bits per heavy atom. The summed E-state index contributed by atoms with van der Waals surface area (Å²) >= 11 is 0. The van der Waals surface area contributed by atoms with Gasteiger partial charge in [-0.25, -0.2) is 12.7 Å². The minimum atomic E-state index is -3.55. The first kappa shape index (κ1) is 10.5. The smallest absolute Gasteiger partial charge is 0.320 e. The second kappa shape index (κ2) is 4.06. The number of nitrogens with zero attached hydrogens (tertiary/aromatic N) is 1. The van der Waals surface area contributed by atoms with Crippen molar-refractivity contribution in [3.8, 4) is 0 Å². The Labute approximate surface area is 77.4 Å². The normalized spacial score (nSPS) is 20.0. The predicted molar refractivity (Wildman–Crippen MR) is 46.8 cm³/mol. The first-order valence-corrected chi connectivity index (χ1v) is 5.83. The summed E-state index contributed by atoms with van der Waals surface area (Å²) in [4.78, 5) is 10.3. The van der Waals surface area contributed by atoms with E-state index in [2.05, 4.69) is 0 Å². The number of carboxylic acids is 1. The summed E-state index contributed by atoms with van der Waals surface area (Å²) in [6, 6.07) is 0. The van der Waals surface area contributed by atoms with Crippen LogP contribution in [0.3, 0.4) is 0 Å². The average molecular weight is 207 g/mol. The van der Waals surface area contributed by atoms with Crippen LogP contribution in [0.15, 0.2) is 0 Å². The highest BCUT2D eigenvalue weighted by Gasteiger charge is 2.25. The zero-order valence-electron chi connectivity index (χ0n) is 7.27. The second-order valence-corrected chi connectivity index (χ2v) is 5.08. The molecule has 1 rings (SSSR count). The number of rotatable bonds is 3. The molecule has 0 bridgehead atoms. The molecule has 1 heterocycles. The van der Waals surface area contributed by atoms with Gasteiger partial charge in [-0.3, -0.25) is 4.79 Å². The van der Waals surface area contributed by atoms with E-state index >= 15 is 0 Å². The van der Waals surface area contributed by atoms with Crippen LogP contribution in [0.5, 0.6) is 0 Å². The Hall–Kier alpha value is -0.620. The molecule has 13 heavy (non-hydrogen) atoms. The molecule has 5 nitrogen and oxygen atoms in total. The number of piperidine rings is 1. The summed E-state index contributed by atoms with van der Waals surface area (Å²) in [7, 11) is -3.55. The molecular weight excluding hydrogens is 194 g/mol. The minimum Gasteiger partial charge on any atom is -0.480 e. The van der Waals surface area contributed by atoms with Crippen LogP contribution < -0.4 is 0 Å². The molecule has 0 aromatic rings. The molecule has 6 heteroatoms.